The third-order valence-electron chi connectivity index (χ3n) is 3.23. The van der Waals surface area contributed by atoms with Crippen LogP contribution in [0.25, 0.3) is 10.1 Å². The van der Waals surface area contributed by atoms with Crippen molar-refractivity contribution in [3.63, 3.8) is 0 Å². The number of thiophene rings is 1. The molecule has 3 rings (SSSR count). The van der Waals surface area contributed by atoms with Gasteiger partial charge in [0, 0.05) is 9.72 Å². The summed E-state index contributed by atoms with van der Waals surface area (Å²) in [7, 11) is 0. The highest BCUT2D eigenvalue weighted by molar-refractivity contribution is 7.21. The molecule has 0 fully saturated rings. The summed E-state index contributed by atoms with van der Waals surface area (Å²) in [5.41, 5.74) is 1.54. The molecule has 1 heterocycles. The number of amides is 1. The van der Waals surface area contributed by atoms with E-state index in [4.69, 9.17) is 23.2 Å². The number of carbonyl (C=O) groups is 1. The number of halogens is 2. The fourth-order valence-electron chi connectivity index (χ4n) is 2.16. The number of hydrogen-bond donors (Lipinski definition) is 1. The van der Waals surface area contributed by atoms with Gasteiger partial charge in [0.05, 0.1) is 15.6 Å². The standard InChI is InChI=1S/C16H11Cl2NOS/c1-9-11-4-2-3-5-14(11)21-15(9)16(20)19-13-7-6-10(17)8-12(13)18/h2-8H,1H3,(H,19,20). The molecule has 106 valence electrons. The van der Waals surface area contributed by atoms with Crippen molar-refractivity contribution >= 4 is 56.2 Å². The molecule has 1 N–H and O–H groups in total. The molecule has 2 aromatic carbocycles. The third kappa shape index (κ3) is 2.77. The number of carbonyl (C=O) groups excluding carboxylic acids is 1. The number of benzene rings is 2. The number of hydrogen-bond acceptors (Lipinski definition) is 2. The Kier molecular flexibility index (Phi) is 3.89. The van der Waals surface area contributed by atoms with Crippen LogP contribution in [-0.4, -0.2) is 5.91 Å². The van der Waals surface area contributed by atoms with E-state index in [0.29, 0.717) is 20.6 Å². The van der Waals surface area contributed by atoms with E-state index in [1.807, 2.05) is 31.2 Å². The third-order valence-corrected chi connectivity index (χ3v) is 5.05. The average Bonchev–Trinajstić information content (AvgIpc) is 2.80. The molecule has 0 spiro atoms. The van der Waals surface area contributed by atoms with Crippen molar-refractivity contribution in [2.45, 2.75) is 6.92 Å². The Morgan fingerprint density at radius 2 is 1.90 bits per heavy atom. The maximum Gasteiger partial charge on any atom is 0.266 e. The van der Waals surface area contributed by atoms with Crippen LogP contribution in [0.4, 0.5) is 5.69 Å². The smallest absolute Gasteiger partial charge is 0.266 e. The number of anilines is 1. The van der Waals surface area contributed by atoms with Crippen molar-refractivity contribution in [2.75, 3.05) is 5.32 Å². The minimum atomic E-state index is -0.155. The van der Waals surface area contributed by atoms with Gasteiger partial charge in [-0.05, 0) is 42.1 Å². The molecule has 21 heavy (non-hydrogen) atoms. The molecule has 0 aliphatic carbocycles. The molecule has 0 bridgehead atoms. The monoisotopic (exact) mass is 335 g/mol. The molecule has 5 heteroatoms. The van der Waals surface area contributed by atoms with E-state index in [2.05, 4.69) is 5.32 Å². The van der Waals surface area contributed by atoms with Gasteiger partial charge < -0.3 is 5.32 Å². The Bertz CT molecular complexity index is 841. The van der Waals surface area contributed by atoms with E-state index >= 15 is 0 Å². The molecule has 0 aliphatic rings. The highest BCUT2D eigenvalue weighted by Crippen LogP contribution is 2.32. The first kappa shape index (κ1) is 14.4. The summed E-state index contributed by atoms with van der Waals surface area (Å²) in [6.07, 6.45) is 0. The summed E-state index contributed by atoms with van der Waals surface area (Å²) < 4.78 is 1.10. The Hall–Kier alpha value is -1.55. The van der Waals surface area contributed by atoms with Crippen molar-refractivity contribution < 1.29 is 4.79 Å². The predicted molar refractivity (Wildman–Crippen MR) is 91.0 cm³/mol. The summed E-state index contributed by atoms with van der Waals surface area (Å²) in [5.74, 6) is -0.155. The van der Waals surface area contributed by atoms with Crippen LogP contribution in [0.15, 0.2) is 42.5 Å². The zero-order valence-electron chi connectivity index (χ0n) is 11.1. The van der Waals surface area contributed by atoms with Crippen molar-refractivity contribution in [1.82, 2.24) is 0 Å². The van der Waals surface area contributed by atoms with Gasteiger partial charge in [-0.3, -0.25) is 4.79 Å². The maximum absolute atomic E-state index is 12.4. The van der Waals surface area contributed by atoms with E-state index in [1.165, 1.54) is 11.3 Å². The van der Waals surface area contributed by atoms with Gasteiger partial charge in [-0.25, -0.2) is 0 Å². The zero-order chi connectivity index (χ0) is 15.0. The van der Waals surface area contributed by atoms with Crippen LogP contribution in [0.5, 0.6) is 0 Å². The summed E-state index contributed by atoms with van der Waals surface area (Å²) in [5, 5.41) is 4.91. The molecule has 0 saturated carbocycles. The highest BCUT2D eigenvalue weighted by atomic mass is 35.5. The lowest BCUT2D eigenvalue weighted by molar-refractivity contribution is 0.103. The molecule has 1 aromatic heterocycles. The van der Waals surface area contributed by atoms with Crippen LogP contribution in [-0.2, 0) is 0 Å². The molecule has 0 atom stereocenters. The van der Waals surface area contributed by atoms with Gasteiger partial charge in [0.1, 0.15) is 0 Å². The normalized spacial score (nSPS) is 10.8. The topological polar surface area (TPSA) is 29.1 Å². The fraction of sp³-hybridized carbons (Fsp3) is 0.0625. The van der Waals surface area contributed by atoms with Crippen molar-refractivity contribution in [3.8, 4) is 0 Å². The van der Waals surface area contributed by atoms with Gasteiger partial charge in [0.25, 0.3) is 5.91 Å². The van der Waals surface area contributed by atoms with Crippen LogP contribution < -0.4 is 5.32 Å². The van der Waals surface area contributed by atoms with Crippen molar-refractivity contribution in [3.05, 3.63) is 63.0 Å². The molecule has 0 aliphatic heterocycles. The van der Waals surface area contributed by atoms with Gasteiger partial charge in [0.15, 0.2) is 0 Å². The zero-order valence-corrected chi connectivity index (χ0v) is 13.4. The van der Waals surface area contributed by atoms with Crippen LogP contribution in [0.2, 0.25) is 10.0 Å². The minimum absolute atomic E-state index is 0.155. The molecular weight excluding hydrogens is 325 g/mol. The molecule has 0 saturated heterocycles. The van der Waals surface area contributed by atoms with Crippen molar-refractivity contribution in [1.29, 1.82) is 0 Å². The van der Waals surface area contributed by atoms with E-state index in [1.54, 1.807) is 18.2 Å². The van der Waals surface area contributed by atoms with Crippen LogP contribution in [0, 0.1) is 6.92 Å². The molecule has 3 aromatic rings. The largest absolute Gasteiger partial charge is 0.320 e. The summed E-state index contributed by atoms with van der Waals surface area (Å²) in [6, 6.07) is 13.0. The molecule has 0 radical (unpaired) electrons. The van der Waals surface area contributed by atoms with Crippen LogP contribution in [0.3, 0.4) is 0 Å². The van der Waals surface area contributed by atoms with E-state index in [9.17, 15) is 4.79 Å². The van der Waals surface area contributed by atoms with Gasteiger partial charge in [-0.1, -0.05) is 41.4 Å². The lowest BCUT2D eigenvalue weighted by Crippen LogP contribution is -2.11. The lowest BCUT2D eigenvalue weighted by atomic mass is 10.1. The lowest BCUT2D eigenvalue weighted by Gasteiger charge is -2.07. The number of aryl methyl sites for hydroxylation is 1. The van der Waals surface area contributed by atoms with Gasteiger partial charge in [-0.15, -0.1) is 11.3 Å². The Morgan fingerprint density at radius 1 is 1.14 bits per heavy atom. The second kappa shape index (κ2) is 5.68. The first-order chi connectivity index (χ1) is 10.1. The van der Waals surface area contributed by atoms with Crippen LogP contribution >= 0.6 is 34.5 Å². The fourth-order valence-corrected chi connectivity index (χ4v) is 3.72. The van der Waals surface area contributed by atoms with E-state index < -0.39 is 0 Å². The summed E-state index contributed by atoms with van der Waals surface area (Å²) >= 11 is 13.4. The Labute approximate surface area is 136 Å². The molecule has 1 amide bonds. The Morgan fingerprint density at radius 3 is 2.62 bits per heavy atom. The maximum atomic E-state index is 12.4. The van der Waals surface area contributed by atoms with Crippen molar-refractivity contribution in [2.24, 2.45) is 0 Å². The average molecular weight is 336 g/mol. The van der Waals surface area contributed by atoms with Crippen LogP contribution in [0.1, 0.15) is 15.2 Å². The van der Waals surface area contributed by atoms with Gasteiger partial charge in [0.2, 0.25) is 0 Å². The van der Waals surface area contributed by atoms with E-state index in [0.717, 1.165) is 15.6 Å². The van der Waals surface area contributed by atoms with Gasteiger partial charge in [-0.2, -0.15) is 0 Å². The first-order valence-electron chi connectivity index (χ1n) is 6.31. The summed E-state index contributed by atoms with van der Waals surface area (Å²) in [6.45, 7) is 1.96. The van der Waals surface area contributed by atoms with Gasteiger partial charge >= 0.3 is 0 Å². The molecular formula is C16H11Cl2NOS. The quantitative estimate of drug-likeness (QED) is 0.632. The summed E-state index contributed by atoms with van der Waals surface area (Å²) in [4.78, 5) is 13.1. The minimum Gasteiger partial charge on any atom is -0.320 e. The SMILES string of the molecule is Cc1c(C(=O)Nc2ccc(Cl)cc2Cl)sc2ccccc12. The first-order valence-corrected chi connectivity index (χ1v) is 7.88. The van der Waals surface area contributed by atoms with E-state index in [-0.39, 0.29) is 5.91 Å². The number of nitrogens with one attached hydrogen (secondary N) is 1. The number of fused-ring (bicyclic) bond motifs is 1. The molecule has 2 nitrogen and oxygen atoms in total. The second-order valence-corrected chi connectivity index (χ2v) is 6.53. The second-order valence-electron chi connectivity index (χ2n) is 4.63. The predicted octanol–water partition coefficient (Wildman–Crippen LogP) is 5.77. The Balaban J connectivity index is 1.95. The highest BCUT2D eigenvalue weighted by Gasteiger charge is 2.16. The number of rotatable bonds is 2. The molecule has 0 unspecified atom stereocenters.